The van der Waals surface area contributed by atoms with Crippen LogP contribution in [0.5, 0.6) is 0 Å². The van der Waals surface area contributed by atoms with Crippen molar-refractivity contribution in [2.24, 2.45) is 5.73 Å². The molecule has 0 saturated heterocycles. The molecule has 0 aliphatic heterocycles. The molecule has 0 aromatic heterocycles. The Balaban J connectivity index is 3.03. The van der Waals surface area contributed by atoms with Gasteiger partial charge in [0.2, 0.25) is 15.9 Å². The molecule has 0 radical (unpaired) electrons. The van der Waals surface area contributed by atoms with E-state index in [1.165, 1.54) is 24.3 Å². The monoisotopic (exact) mass is 304 g/mol. The molecular weight excluding hydrogens is 288 g/mol. The van der Waals surface area contributed by atoms with Crippen LogP contribution in [0.15, 0.2) is 29.2 Å². The van der Waals surface area contributed by atoms with E-state index < -0.39 is 15.9 Å². The number of rotatable bonds is 7. The van der Waals surface area contributed by atoms with Crippen molar-refractivity contribution < 1.29 is 13.2 Å². The van der Waals surface area contributed by atoms with E-state index in [1.54, 1.807) is 0 Å². The summed E-state index contributed by atoms with van der Waals surface area (Å²) in [5.74, 6) is -0.673. The summed E-state index contributed by atoms with van der Waals surface area (Å²) in [4.78, 5) is 11.1. The van der Waals surface area contributed by atoms with Crippen LogP contribution in [0, 0.1) is 0 Å². The van der Waals surface area contributed by atoms with Crippen LogP contribution in [0.3, 0.4) is 0 Å². The van der Waals surface area contributed by atoms with Gasteiger partial charge in [-0.2, -0.15) is 4.31 Å². The molecular formula is C12H17ClN2O3S. The Morgan fingerprint density at radius 1 is 1.32 bits per heavy atom. The van der Waals surface area contributed by atoms with Gasteiger partial charge in [0.1, 0.15) is 0 Å². The van der Waals surface area contributed by atoms with E-state index in [0.29, 0.717) is 11.4 Å². The van der Waals surface area contributed by atoms with Crippen LogP contribution in [-0.4, -0.2) is 31.7 Å². The zero-order valence-corrected chi connectivity index (χ0v) is 12.2. The molecule has 5 nitrogen and oxygen atoms in total. The number of amides is 1. The highest BCUT2D eigenvalue weighted by molar-refractivity contribution is 7.89. The second-order valence-corrected chi connectivity index (χ2v) is 6.49. The first-order valence-electron chi connectivity index (χ1n) is 5.92. The summed E-state index contributed by atoms with van der Waals surface area (Å²) in [6, 6.07) is 5.82. The summed E-state index contributed by atoms with van der Waals surface area (Å²) >= 11 is 5.73. The predicted octanol–water partition coefficient (Wildman–Crippen LogP) is 1.62. The molecule has 0 bridgehead atoms. The molecule has 0 spiro atoms. The first kappa shape index (κ1) is 15.9. The normalized spacial score (nSPS) is 11.7. The Morgan fingerprint density at radius 2 is 1.89 bits per heavy atom. The van der Waals surface area contributed by atoms with E-state index in [-0.39, 0.29) is 18.0 Å². The molecule has 0 atom stereocenters. The van der Waals surface area contributed by atoms with E-state index in [2.05, 4.69) is 0 Å². The Morgan fingerprint density at radius 3 is 2.37 bits per heavy atom. The molecule has 106 valence electrons. The van der Waals surface area contributed by atoms with Crippen molar-refractivity contribution in [3.05, 3.63) is 29.3 Å². The van der Waals surface area contributed by atoms with E-state index in [1.807, 2.05) is 6.92 Å². The molecule has 0 aliphatic carbocycles. The van der Waals surface area contributed by atoms with Crippen molar-refractivity contribution in [3.8, 4) is 0 Å². The van der Waals surface area contributed by atoms with Crippen LogP contribution in [0.2, 0.25) is 5.02 Å². The topological polar surface area (TPSA) is 80.5 Å². The van der Waals surface area contributed by atoms with Crippen LogP contribution in [-0.2, 0) is 14.8 Å². The number of carbonyl (C=O) groups is 1. The molecule has 2 N–H and O–H groups in total. The lowest BCUT2D eigenvalue weighted by atomic mass is 10.3. The van der Waals surface area contributed by atoms with Gasteiger partial charge in [-0.3, -0.25) is 4.79 Å². The lowest BCUT2D eigenvalue weighted by molar-refractivity contribution is -0.118. The number of sulfonamides is 1. The molecule has 1 aromatic carbocycles. The van der Waals surface area contributed by atoms with E-state index in [9.17, 15) is 13.2 Å². The largest absolute Gasteiger partial charge is 0.369 e. The van der Waals surface area contributed by atoms with Gasteiger partial charge in [-0.05, 0) is 30.7 Å². The van der Waals surface area contributed by atoms with Gasteiger partial charge in [0.15, 0.2) is 0 Å². The third-order valence-electron chi connectivity index (χ3n) is 2.54. The summed E-state index contributed by atoms with van der Waals surface area (Å²) in [7, 11) is -3.71. The van der Waals surface area contributed by atoms with Gasteiger partial charge in [-0.25, -0.2) is 8.42 Å². The molecule has 0 aliphatic rings. The van der Waals surface area contributed by atoms with Crippen molar-refractivity contribution in [3.63, 3.8) is 0 Å². The van der Waals surface area contributed by atoms with Gasteiger partial charge in [-0.15, -0.1) is 0 Å². The number of hydrogen-bond acceptors (Lipinski definition) is 3. The molecule has 0 unspecified atom stereocenters. The molecule has 1 amide bonds. The van der Waals surface area contributed by atoms with Crippen molar-refractivity contribution >= 4 is 27.5 Å². The summed E-state index contributed by atoms with van der Waals surface area (Å²) < 4.78 is 25.8. The average molecular weight is 305 g/mol. The summed E-state index contributed by atoms with van der Waals surface area (Å²) in [5.41, 5.74) is 5.10. The van der Waals surface area contributed by atoms with Crippen LogP contribution in [0.25, 0.3) is 0 Å². The summed E-state index contributed by atoms with van der Waals surface area (Å²) in [6.45, 7) is 1.90. The number of benzene rings is 1. The molecule has 0 fully saturated rings. The number of hydrogen-bond donors (Lipinski definition) is 1. The van der Waals surface area contributed by atoms with Gasteiger partial charge >= 0.3 is 0 Å². The molecule has 0 heterocycles. The molecule has 1 aromatic rings. The minimum atomic E-state index is -3.71. The number of nitrogens with two attached hydrogens (primary N) is 1. The third-order valence-corrected chi connectivity index (χ3v) is 4.66. The van der Waals surface area contributed by atoms with Crippen molar-refractivity contribution in [2.75, 3.05) is 13.1 Å². The Labute approximate surface area is 118 Å². The van der Waals surface area contributed by atoms with Crippen LogP contribution >= 0.6 is 11.6 Å². The van der Waals surface area contributed by atoms with E-state index in [0.717, 1.165) is 10.7 Å². The molecule has 0 saturated carbocycles. The van der Waals surface area contributed by atoms with Crippen molar-refractivity contribution in [1.82, 2.24) is 4.31 Å². The first-order valence-corrected chi connectivity index (χ1v) is 7.73. The van der Waals surface area contributed by atoms with Gasteiger partial charge in [0, 0.05) is 11.6 Å². The zero-order chi connectivity index (χ0) is 14.5. The van der Waals surface area contributed by atoms with Gasteiger partial charge in [0.05, 0.1) is 11.4 Å². The maximum absolute atomic E-state index is 12.4. The second kappa shape index (κ2) is 6.88. The summed E-state index contributed by atoms with van der Waals surface area (Å²) in [5, 5.41) is 0.453. The highest BCUT2D eigenvalue weighted by atomic mass is 35.5. The van der Waals surface area contributed by atoms with Crippen LogP contribution < -0.4 is 5.73 Å². The second-order valence-electron chi connectivity index (χ2n) is 4.11. The summed E-state index contributed by atoms with van der Waals surface area (Å²) in [6.07, 6.45) is 1.49. The van der Waals surface area contributed by atoms with Crippen LogP contribution in [0.1, 0.15) is 19.8 Å². The molecule has 19 heavy (non-hydrogen) atoms. The number of unbranched alkanes of at least 4 members (excludes halogenated alkanes) is 1. The van der Waals surface area contributed by atoms with Crippen molar-refractivity contribution in [2.45, 2.75) is 24.7 Å². The minimum Gasteiger partial charge on any atom is -0.369 e. The van der Waals surface area contributed by atoms with Crippen molar-refractivity contribution in [1.29, 1.82) is 0 Å². The van der Waals surface area contributed by atoms with E-state index >= 15 is 0 Å². The van der Waals surface area contributed by atoms with Gasteiger partial charge in [-0.1, -0.05) is 24.9 Å². The first-order chi connectivity index (χ1) is 8.87. The fourth-order valence-corrected chi connectivity index (χ4v) is 3.12. The fraction of sp³-hybridized carbons (Fsp3) is 0.417. The third kappa shape index (κ3) is 4.49. The lowest BCUT2D eigenvalue weighted by Gasteiger charge is -2.20. The predicted molar refractivity (Wildman–Crippen MR) is 74.3 cm³/mol. The SMILES string of the molecule is CCCCN(CC(N)=O)S(=O)(=O)c1ccc(Cl)cc1. The van der Waals surface area contributed by atoms with Gasteiger partial charge < -0.3 is 5.73 Å². The Kier molecular flexibility index (Phi) is 5.78. The number of primary amides is 1. The number of nitrogens with zero attached hydrogens (tertiary/aromatic N) is 1. The molecule has 7 heteroatoms. The number of carbonyl (C=O) groups excluding carboxylic acids is 1. The Bertz CT molecular complexity index is 528. The standard InChI is InChI=1S/C12H17ClN2O3S/c1-2-3-8-15(9-12(14)16)19(17,18)11-6-4-10(13)5-7-11/h4-7H,2-3,8-9H2,1H3,(H2,14,16). The maximum Gasteiger partial charge on any atom is 0.243 e. The smallest absolute Gasteiger partial charge is 0.243 e. The Hall–Kier alpha value is -1.11. The van der Waals surface area contributed by atoms with E-state index in [4.69, 9.17) is 17.3 Å². The highest BCUT2D eigenvalue weighted by Gasteiger charge is 2.25. The maximum atomic E-state index is 12.4. The highest BCUT2D eigenvalue weighted by Crippen LogP contribution is 2.18. The lowest BCUT2D eigenvalue weighted by Crippen LogP contribution is -2.39. The quantitative estimate of drug-likeness (QED) is 0.831. The fourth-order valence-electron chi connectivity index (χ4n) is 1.55. The number of halogens is 1. The van der Waals surface area contributed by atoms with Crippen LogP contribution in [0.4, 0.5) is 0 Å². The minimum absolute atomic E-state index is 0.106. The average Bonchev–Trinajstić information content (AvgIpc) is 2.34. The zero-order valence-electron chi connectivity index (χ0n) is 10.7. The molecule has 1 rings (SSSR count). The van der Waals surface area contributed by atoms with Gasteiger partial charge in [0.25, 0.3) is 0 Å².